The number of anilines is 1. The maximum Gasteiger partial charge on any atom is 0.400 e. The van der Waals surface area contributed by atoms with Gasteiger partial charge >= 0.3 is 10.0 Å². The van der Waals surface area contributed by atoms with E-state index in [9.17, 15) is 13.5 Å². The van der Waals surface area contributed by atoms with Gasteiger partial charge in [0.25, 0.3) is 5.69 Å². The smallest absolute Gasteiger partial charge is 0.400 e. The van der Waals surface area contributed by atoms with Gasteiger partial charge in [0.15, 0.2) is 6.21 Å². The Bertz CT molecular complexity index is 1580. The number of hydrogen-bond acceptors (Lipinski definition) is 5. The van der Waals surface area contributed by atoms with Gasteiger partial charge in [-0.1, -0.05) is 50.9 Å². The lowest BCUT2D eigenvalue weighted by atomic mass is 10.1. The molecule has 0 radical (unpaired) electrons. The van der Waals surface area contributed by atoms with Crippen molar-refractivity contribution in [3.63, 3.8) is 0 Å². The number of phenols is 1. The molecule has 0 spiro atoms. The molecule has 2 N–H and O–H groups in total. The Morgan fingerprint density at radius 2 is 1.85 bits per heavy atom. The summed E-state index contributed by atoms with van der Waals surface area (Å²) in [5.74, 6) is -0.119. The predicted octanol–water partition coefficient (Wildman–Crippen LogP) is 3.95. The first-order valence-corrected chi connectivity index (χ1v) is 13.0. The van der Waals surface area contributed by atoms with Gasteiger partial charge in [-0.05, 0) is 55.7 Å². The number of halogens is 2. The molecule has 34 heavy (non-hydrogen) atoms. The fourth-order valence-corrected chi connectivity index (χ4v) is 5.95. The lowest BCUT2D eigenvalue weighted by Crippen LogP contribution is -2.32. The highest BCUT2D eigenvalue weighted by molar-refractivity contribution is 7.85. The van der Waals surface area contributed by atoms with Crippen molar-refractivity contribution in [2.24, 2.45) is 4.99 Å². The summed E-state index contributed by atoms with van der Waals surface area (Å²) in [6, 6.07) is 13.9. The number of aromatic hydroxyl groups is 1. The van der Waals surface area contributed by atoms with Crippen LogP contribution in [0.4, 0.5) is 11.4 Å². The van der Waals surface area contributed by atoms with Crippen LogP contribution in [-0.4, -0.2) is 36.8 Å². The van der Waals surface area contributed by atoms with E-state index in [1.54, 1.807) is 48.7 Å². The van der Waals surface area contributed by atoms with E-state index in [4.69, 9.17) is 23.2 Å². The van der Waals surface area contributed by atoms with Crippen molar-refractivity contribution in [2.45, 2.75) is 24.7 Å². The second kappa shape index (κ2) is 8.73. The molecular formula is C25H22Cl2N3O3S+. The Morgan fingerprint density at radius 3 is 2.59 bits per heavy atom. The number of nitrogens with zero attached hydrogens (tertiary/aromatic N) is 2. The Labute approximate surface area is 207 Å². The standard InChI is InChI=1S/C25H21Cl2N3O3S/c1-15-2-5-18(6-3-15)34(32,33)30-14-17-9-11-28-21-13-22(25(31)24(30)23(17)21)29-10-8-16-4-7-19(26)20(27)12-16/h2-7,12-14H,8-11H2,1H3,(H,28,29)/p+1. The highest BCUT2D eigenvalue weighted by Crippen LogP contribution is 2.35. The van der Waals surface area contributed by atoms with Gasteiger partial charge in [-0.25, -0.2) is 0 Å². The van der Waals surface area contributed by atoms with Crippen molar-refractivity contribution >= 4 is 56.4 Å². The molecule has 0 aliphatic carbocycles. The van der Waals surface area contributed by atoms with Crippen LogP contribution in [0.5, 0.6) is 5.75 Å². The summed E-state index contributed by atoms with van der Waals surface area (Å²) < 4.78 is 28.2. The molecule has 3 aromatic rings. The molecule has 0 amide bonds. The number of benzene rings is 3. The molecular weight excluding hydrogens is 493 g/mol. The van der Waals surface area contributed by atoms with Gasteiger partial charge in [-0.15, -0.1) is 0 Å². The molecule has 3 aromatic carbocycles. The zero-order valence-electron chi connectivity index (χ0n) is 18.3. The van der Waals surface area contributed by atoms with Crippen LogP contribution < -0.4 is 15.9 Å². The first kappa shape index (κ1) is 22.9. The average molecular weight is 515 g/mol. The largest absolute Gasteiger partial charge is 0.501 e. The van der Waals surface area contributed by atoms with Gasteiger partial charge in [-0.2, -0.15) is 8.42 Å². The first-order chi connectivity index (χ1) is 16.3. The molecule has 6 nitrogen and oxygen atoms in total. The molecule has 2 heterocycles. The summed E-state index contributed by atoms with van der Waals surface area (Å²) in [6.45, 7) is 2.95. The Balaban J connectivity index is 1.51. The molecule has 5 rings (SSSR count). The molecule has 0 atom stereocenters. The molecule has 2 aliphatic rings. The van der Waals surface area contributed by atoms with Crippen molar-refractivity contribution in [1.29, 1.82) is 0 Å². The highest BCUT2D eigenvalue weighted by atomic mass is 35.5. The van der Waals surface area contributed by atoms with E-state index in [0.29, 0.717) is 52.2 Å². The number of hydrogen-bond donors (Lipinski definition) is 2. The summed E-state index contributed by atoms with van der Waals surface area (Å²) in [5, 5.41) is 16.7. The molecule has 0 saturated heterocycles. The SMILES string of the molecule is Cc1ccc(S(=O)(=O)[N+]2=CC3=c4c2c(O)c(NCCc2ccc(Cl)c(Cl)c2)cc4=NCC3)cc1. The Kier molecular flexibility index (Phi) is 5.88. The van der Waals surface area contributed by atoms with Crippen molar-refractivity contribution < 1.29 is 17.5 Å². The minimum Gasteiger partial charge on any atom is -0.501 e. The molecule has 0 bridgehead atoms. The third kappa shape index (κ3) is 3.98. The number of aryl methyl sites for hydroxylation is 1. The van der Waals surface area contributed by atoms with E-state index in [-0.39, 0.29) is 16.3 Å². The van der Waals surface area contributed by atoms with E-state index >= 15 is 0 Å². The van der Waals surface area contributed by atoms with Crippen molar-refractivity contribution in [2.75, 3.05) is 18.4 Å². The van der Waals surface area contributed by atoms with Crippen molar-refractivity contribution in [3.05, 3.63) is 80.3 Å². The third-order valence-electron chi connectivity index (χ3n) is 6.02. The average Bonchev–Trinajstić information content (AvgIpc) is 3.22. The van der Waals surface area contributed by atoms with Crippen LogP contribution in [0.3, 0.4) is 0 Å². The maximum atomic E-state index is 13.5. The molecule has 0 fully saturated rings. The Morgan fingerprint density at radius 1 is 1.09 bits per heavy atom. The van der Waals surface area contributed by atoms with Crippen LogP contribution in [0.2, 0.25) is 10.0 Å². The maximum absolute atomic E-state index is 13.5. The highest BCUT2D eigenvalue weighted by Gasteiger charge is 2.39. The van der Waals surface area contributed by atoms with Gasteiger partial charge in [-0.3, -0.25) is 4.99 Å². The monoisotopic (exact) mass is 514 g/mol. The summed E-state index contributed by atoms with van der Waals surface area (Å²) in [6.07, 6.45) is 2.86. The fourth-order valence-electron chi connectivity index (χ4n) is 4.24. The lowest BCUT2D eigenvalue weighted by molar-refractivity contribution is -0.253. The van der Waals surface area contributed by atoms with Gasteiger partial charge in [0.05, 0.1) is 26.3 Å². The van der Waals surface area contributed by atoms with E-state index in [1.807, 2.05) is 13.0 Å². The van der Waals surface area contributed by atoms with E-state index in [0.717, 1.165) is 16.7 Å². The van der Waals surface area contributed by atoms with Crippen molar-refractivity contribution in [3.8, 4) is 5.75 Å². The molecule has 9 heteroatoms. The third-order valence-corrected chi connectivity index (χ3v) is 8.44. The first-order valence-electron chi connectivity index (χ1n) is 10.8. The molecule has 0 aromatic heterocycles. The van der Waals surface area contributed by atoms with Gasteiger partial charge in [0.1, 0.15) is 4.90 Å². The minimum absolute atomic E-state index is 0.119. The van der Waals surface area contributed by atoms with Gasteiger partial charge < -0.3 is 10.4 Å². The predicted molar refractivity (Wildman–Crippen MR) is 135 cm³/mol. The van der Waals surface area contributed by atoms with E-state index < -0.39 is 10.0 Å². The molecule has 0 unspecified atom stereocenters. The summed E-state index contributed by atoms with van der Waals surface area (Å²) in [7, 11) is -3.91. The normalized spacial score (nSPS) is 14.4. The molecule has 0 saturated carbocycles. The minimum atomic E-state index is -3.91. The van der Waals surface area contributed by atoms with E-state index in [2.05, 4.69) is 10.3 Å². The Hall–Kier alpha value is -2.87. The molecule has 2 aliphatic heterocycles. The van der Waals surface area contributed by atoms with Crippen LogP contribution in [0.1, 0.15) is 17.5 Å². The zero-order valence-corrected chi connectivity index (χ0v) is 20.7. The topological polar surface area (TPSA) is 81.8 Å². The van der Waals surface area contributed by atoms with E-state index in [1.165, 1.54) is 3.98 Å². The van der Waals surface area contributed by atoms with Crippen LogP contribution in [0, 0.1) is 6.92 Å². The number of sulfonamides is 1. The summed E-state index contributed by atoms with van der Waals surface area (Å²) >= 11 is 12.1. The zero-order chi connectivity index (χ0) is 24.0. The second-order valence-corrected chi connectivity index (χ2v) is 11.0. The molecule has 174 valence electrons. The quantitative estimate of drug-likeness (QED) is 0.385. The van der Waals surface area contributed by atoms with Crippen LogP contribution in [-0.2, 0) is 16.4 Å². The van der Waals surface area contributed by atoms with Crippen molar-refractivity contribution in [1.82, 2.24) is 0 Å². The lowest BCUT2D eigenvalue weighted by Gasteiger charge is -2.11. The van der Waals surface area contributed by atoms with Gasteiger partial charge in [0, 0.05) is 18.7 Å². The number of nitrogens with one attached hydrogen (secondary N) is 1. The van der Waals surface area contributed by atoms with Crippen LogP contribution in [0.25, 0.3) is 5.57 Å². The van der Waals surface area contributed by atoms with Crippen LogP contribution >= 0.6 is 23.2 Å². The number of rotatable bonds is 6. The van der Waals surface area contributed by atoms with Crippen LogP contribution in [0.15, 0.2) is 58.4 Å². The second-order valence-electron chi connectivity index (χ2n) is 8.34. The number of phenolic OH excluding ortho intramolecular Hbond substituents is 1. The summed E-state index contributed by atoms with van der Waals surface area (Å²) in [5.41, 5.74) is 3.48. The summed E-state index contributed by atoms with van der Waals surface area (Å²) in [4.78, 5) is 4.75. The fraction of sp³-hybridized carbons (Fsp3) is 0.200. The van der Waals surface area contributed by atoms with Gasteiger partial charge in [0.2, 0.25) is 5.75 Å².